The summed E-state index contributed by atoms with van der Waals surface area (Å²) in [5.41, 5.74) is 2.17. The number of nitrogens with one attached hydrogen (secondary N) is 2. The van der Waals surface area contributed by atoms with Crippen LogP contribution in [0.4, 0.5) is 5.82 Å². The van der Waals surface area contributed by atoms with Crippen molar-refractivity contribution < 1.29 is 4.79 Å². The highest BCUT2D eigenvalue weighted by Crippen LogP contribution is 2.06. The molecule has 0 fully saturated rings. The van der Waals surface area contributed by atoms with Gasteiger partial charge in [0, 0.05) is 31.2 Å². The summed E-state index contributed by atoms with van der Waals surface area (Å²) < 4.78 is 0. The molecule has 7 nitrogen and oxygen atoms in total. The molecule has 0 spiro atoms. The van der Waals surface area contributed by atoms with Crippen molar-refractivity contribution >= 4 is 11.7 Å². The molecule has 120 valence electrons. The standard InChI is InChI=1S/C17H16N6O/c24-17(21-10-13-4-7-18-8-5-13)15-9-16(23-12-22-15)20-11-14-3-1-2-6-19-14/h1-9,12H,10-11H2,(H,21,24)(H,20,22,23). The molecule has 0 saturated heterocycles. The number of aromatic nitrogens is 4. The van der Waals surface area contributed by atoms with Gasteiger partial charge in [-0.15, -0.1) is 0 Å². The number of carbonyl (C=O) groups excluding carboxylic acids is 1. The molecule has 3 aromatic heterocycles. The van der Waals surface area contributed by atoms with Crippen molar-refractivity contribution in [2.45, 2.75) is 13.1 Å². The predicted octanol–water partition coefficient (Wildman–Crippen LogP) is 1.81. The third-order valence-corrected chi connectivity index (χ3v) is 3.28. The molecule has 3 heterocycles. The highest BCUT2D eigenvalue weighted by molar-refractivity contribution is 5.92. The summed E-state index contributed by atoms with van der Waals surface area (Å²) in [6.07, 6.45) is 6.47. The molecule has 0 bridgehead atoms. The van der Waals surface area contributed by atoms with Crippen LogP contribution in [0.15, 0.2) is 61.3 Å². The SMILES string of the molecule is O=C(NCc1ccncc1)c1cc(NCc2ccccn2)ncn1. The molecule has 2 N–H and O–H groups in total. The maximum Gasteiger partial charge on any atom is 0.270 e. The minimum atomic E-state index is -0.255. The number of anilines is 1. The number of amides is 1. The fourth-order valence-electron chi connectivity index (χ4n) is 2.04. The Labute approximate surface area is 139 Å². The van der Waals surface area contributed by atoms with E-state index in [0.717, 1.165) is 11.3 Å². The highest BCUT2D eigenvalue weighted by Gasteiger charge is 2.08. The zero-order valence-electron chi connectivity index (χ0n) is 12.9. The van der Waals surface area contributed by atoms with Crippen LogP contribution in [0.3, 0.4) is 0 Å². The molecule has 0 aromatic carbocycles. The van der Waals surface area contributed by atoms with Gasteiger partial charge in [-0.3, -0.25) is 14.8 Å². The molecular weight excluding hydrogens is 304 g/mol. The van der Waals surface area contributed by atoms with Gasteiger partial charge in [0.1, 0.15) is 17.8 Å². The van der Waals surface area contributed by atoms with Crippen LogP contribution in [0, 0.1) is 0 Å². The van der Waals surface area contributed by atoms with Crippen LogP contribution < -0.4 is 10.6 Å². The molecule has 0 aliphatic rings. The maximum absolute atomic E-state index is 12.2. The number of hydrogen-bond acceptors (Lipinski definition) is 6. The van der Waals surface area contributed by atoms with Crippen molar-refractivity contribution in [3.63, 3.8) is 0 Å². The van der Waals surface area contributed by atoms with Gasteiger partial charge in [0.2, 0.25) is 0 Å². The topological polar surface area (TPSA) is 92.7 Å². The van der Waals surface area contributed by atoms with Crippen LogP contribution in [0.2, 0.25) is 0 Å². The Balaban J connectivity index is 1.59. The summed E-state index contributed by atoms with van der Waals surface area (Å²) in [6, 6.07) is 11.0. The van der Waals surface area contributed by atoms with E-state index >= 15 is 0 Å². The molecule has 24 heavy (non-hydrogen) atoms. The first-order valence-electron chi connectivity index (χ1n) is 7.44. The van der Waals surface area contributed by atoms with Crippen LogP contribution in [0.1, 0.15) is 21.7 Å². The average Bonchev–Trinajstić information content (AvgIpc) is 2.66. The van der Waals surface area contributed by atoms with Crippen molar-refractivity contribution in [1.29, 1.82) is 0 Å². The molecule has 0 aliphatic heterocycles. The van der Waals surface area contributed by atoms with E-state index in [0.29, 0.717) is 24.6 Å². The molecule has 0 aliphatic carbocycles. The summed E-state index contributed by atoms with van der Waals surface area (Å²) in [5.74, 6) is 0.319. The Bertz CT molecular complexity index is 794. The van der Waals surface area contributed by atoms with E-state index in [1.165, 1.54) is 6.33 Å². The second-order valence-electron chi connectivity index (χ2n) is 5.00. The van der Waals surface area contributed by atoms with Gasteiger partial charge in [-0.1, -0.05) is 6.07 Å². The summed E-state index contributed by atoms with van der Waals surface area (Å²) in [4.78, 5) is 28.5. The zero-order chi connectivity index (χ0) is 16.6. The predicted molar refractivity (Wildman–Crippen MR) is 89.0 cm³/mol. The lowest BCUT2D eigenvalue weighted by molar-refractivity contribution is 0.0946. The van der Waals surface area contributed by atoms with Crippen LogP contribution >= 0.6 is 0 Å². The lowest BCUT2D eigenvalue weighted by atomic mass is 10.2. The average molecular weight is 320 g/mol. The number of hydrogen-bond donors (Lipinski definition) is 2. The number of nitrogens with zero attached hydrogens (tertiary/aromatic N) is 4. The second-order valence-corrected chi connectivity index (χ2v) is 5.00. The van der Waals surface area contributed by atoms with Crippen molar-refractivity contribution in [2.75, 3.05) is 5.32 Å². The molecule has 3 rings (SSSR count). The summed E-state index contributed by atoms with van der Waals surface area (Å²) >= 11 is 0. The van der Waals surface area contributed by atoms with Crippen molar-refractivity contribution in [3.05, 3.63) is 78.3 Å². The van der Waals surface area contributed by atoms with Crippen LogP contribution in [0.5, 0.6) is 0 Å². The second kappa shape index (κ2) is 7.77. The van der Waals surface area contributed by atoms with Crippen LogP contribution in [0.25, 0.3) is 0 Å². The molecule has 3 aromatic rings. The third-order valence-electron chi connectivity index (χ3n) is 3.28. The van der Waals surface area contributed by atoms with Gasteiger partial charge in [-0.25, -0.2) is 9.97 Å². The smallest absolute Gasteiger partial charge is 0.270 e. The largest absolute Gasteiger partial charge is 0.364 e. The van der Waals surface area contributed by atoms with E-state index in [4.69, 9.17) is 0 Å². The van der Waals surface area contributed by atoms with Crippen molar-refractivity contribution in [2.24, 2.45) is 0 Å². The van der Waals surface area contributed by atoms with Crippen LogP contribution in [-0.4, -0.2) is 25.8 Å². The van der Waals surface area contributed by atoms with E-state index < -0.39 is 0 Å². The summed E-state index contributed by atoms with van der Waals surface area (Å²) in [7, 11) is 0. The number of carbonyl (C=O) groups is 1. The molecular formula is C17H16N6O. The van der Waals surface area contributed by atoms with Gasteiger partial charge >= 0.3 is 0 Å². The third kappa shape index (κ3) is 4.33. The number of pyridine rings is 2. The minimum Gasteiger partial charge on any atom is -0.364 e. The molecule has 7 heteroatoms. The van der Waals surface area contributed by atoms with Crippen molar-refractivity contribution in [3.8, 4) is 0 Å². The summed E-state index contributed by atoms with van der Waals surface area (Å²) in [5, 5.41) is 5.95. The lowest BCUT2D eigenvalue weighted by Crippen LogP contribution is -2.24. The highest BCUT2D eigenvalue weighted by atomic mass is 16.1. The normalized spacial score (nSPS) is 10.2. The maximum atomic E-state index is 12.2. The van der Waals surface area contributed by atoms with E-state index in [2.05, 4.69) is 30.6 Å². The van der Waals surface area contributed by atoms with Gasteiger partial charge in [0.25, 0.3) is 5.91 Å². The van der Waals surface area contributed by atoms with E-state index in [1.807, 2.05) is 30.3 Å². The van der Waals surface area contributed by atoms with Gasteiger partial charge in [-0.2, -0.15) is 0 Å². The Kier molecular flexibility index (Phi) is 5.03. The molecule has 0 unspecified atom stereocenters. The van der Waals surface area contributed by atoms with E-state index in [1.54, 1.807) is 24.7 Å². The quantitative estimate of drug-likeness (QED) is 0.719. The van der Waals surface area contributed by atoms with Crippen LogP contribution in [-0.2, 0) is 13.1 Å². The first-order chi connectivity index (χ1) is 11.8. The summed E-state index contributed by atoms with van der Waals surface area (Å²) in [6.45, 7) is 0.942. The fourth-order valence-corrected chi connectivity index (χ4v) is 2.04. The Morgan fingerprint density at radius 2 is 1.83 bits per heavy atom. The number of rotatable bonds is 6. The minimum absolute atomic E-state index is 0.255. The zero-order valence-corrected chi connectivity index (χ0v) is 12.9. The van der Waals surface area contributed by atoms with E-state index in [9.17, 15) is 4.79 Å². The Morgan fingerprint density at radius 1 is 0.958 bits per heavy atom. The van der Waals surface area contributed by atoms with Gasteiger partial charge < -0.3 is 10.6 Å². The Morgan fingerprint density at radius 3 is 2.62 bits per heavy atom. The van der Waals surface area contributed by atoms with E-state index in [-0.39, 0.29) is 5.91 Å². The molecule has 0 radical (unpaired) electrons. The van der Waals surface area contributed by atoms with Gasteiger partial charge in [0.15, 0.2) is 0 Å². The first kappa shape index (κ1) is 15.5. The van der Waals surface area contributed by atoms with Gasteiger partial charge in [-0.05, 0) is 29.8 Å². The fraction of sp³-hybridized carbons (Fsp3) is 0.118. The molecule has 0 atom stereocenters. The lowest BCUT2D eigenvalue weighted by Gasteiger charge is -2.07. The van der Waals surface area contributed by atoms with Gasteiger partial charge in [0.05, 0.1) is 12.2 Å². The molecule has 1 amide bonds. The van der Waals surface area contributed by atoms with Crippen molar-refractivity contribution in [1.82, 2.24) is 25.3 Å². The Hall–Kier alpha value is -3.35. The first-order valence-corrected chi connectivity index (χ1v) is 7.44. The monoisotopic (exact) mass is 320 g/mol. The molecule has 0 saturated carbocycles.